The predicted octanol–water partition coefficient (Wildman–Crippen LogP) is 2.32. The van der Waals surface area contributed by atoms with Crippen molar-refractivity contribution in [2.75, 3.05) is 0 Å². The lowest BCUT2D eigenvalue weighted by atomic mass is 9.98. The summed E-state index contributed by atoms with van der Waals surface area (Å²) in [4.78, 5) is 10.7. The van der Waals surface area contributed by atoms with Gasteiger partial charge in [-0.1, -0.05) is 31.2 Å². The third-order valence-corrected chi connectivity index (χ3v) is 2.58. The van der Waals surface area contributed by atoms with Crippen molar-refractivity contribution in [2.24, 2.45) is 0 Å². The number of carboxylic acids is 1. The van der Waals surface area contributed by atoms with Crippen molar-refractivity contribution in [3.05, 3.63) is 35.4 Å². The first-order valence-electron chi connectivity index (χ1n) is 5.07. The van der Waals surface area contributed by atoms with Gasteiger partial charge in [0.15, 0.2) is 0 Å². The highest BCUT2D eigenvalue weighted by molar-refractivity contribution is 5.75. The number of aliphatic hydroxyl groups is 1. The Kier molecular flexibility index (Phi) is 3.86. The van der Waals surface area contributed by atoms with Gasteiger partial charge in [-0.05, 0) is 24.5 Å². The van der Waals surface area contributed by atoms with Gasteiger partial charge in [-0.15, -0.1) is 0 Å². The average Bonchev–Trinajstić information content (AvgIpc) is 2.27. The Bertz CT molecular complexity index is 329. The predicted molar refractivity (Wildman–Crippen MR) is 57.7 cm³/mol. The molecule has 0 aromatic heterocycles. The maximum Gasteiger partial charge on any atom is 0.310 e. The topological polar surface area (TPSA) is 57.5 Å². The van der Waals surface area contributed by atoms with Gasteiger partial charge in [-0.3, -0.25) is 4.79 Å². The Labute approximate surface area is 89.4 Å². The smallest absolute Gasteiger partial charge is 0.310 e. The van der Waals surface area contributed by atoms with E-state index in [1.54, 1.807) is 31.2 Å². The third kappa shape index (κ3) is 2.80. The number of aliphatic hydroxyl groups excluding tert-OH is 1. The van der Waals surface area contributed by atoms with Crippen molar-refractivity contribution in [1.82, 2.24) is 0 Å². The molecule has 1 aromatic carbocycles. The first-order valence-corrected chi connectivity index (χ1v) is 5.07. The second kappa shape index (κ2) is 4.94. The van der Waals surface area contributed by atoms with Crippen LogP contribution in [0.5, 0.6) is 0 Å². The Balaban J connectivity index is 2.85. The number of carboxylic acid groups (broad SMARTS) is 1. The second-order valence-electron chi connectivity index (χ2n) is 3.65. The summed E-state index contributed by atoms with van der Waals surface area (Å²) in [6.07, 6.45) is 0.201. The molecule has 0 aliphatic carbocycles. The van der Waals surface area contributed by atoms with Crippen LogP contribution >= 0.6 is 0 Å². The molecular weight excluding hydrogens is 192 g/mol. The van der Waals surface area contributed by atoms with Gasteiger partial charge in [0.25, 0.3) is 0 Å². The maximum atomic E-state index is 10.7. The number of rotatable bonds is 4. The van der Waals surface area contributed by atoms with Gasteiger partial charge in [0.2, 0.25) is 0 Å². The first kappa shape index (κ1) is 11.7. The number of aliphatic carboxylic acids is 1. The standard InChI is InChI=1S/C12H16O3/c1-3-11(13)10-6-4-9(5-7-10)8(2)12(14)15/h4-8,11,13H,3H2,1-2H3,(H,14,15)/t8-,11+/m0/s1. The zero-order chi connectivity index (χ0) is 11.4. The molecule has 0 bridgehead atoms. The minimum Gasteiger partial charge on any atom is -0.481 e. The van der Waals surface area contributed by atoms with E-state index >= 15 is 0 Å². The molecule has 1 aromatic rings. The molecule has 2 N–H and O–H groups in total. The van der Waals surface area contributed by atoms with Gasteiger partial charge in [0.1, 0.15) is 0 Å². The summed E-state index contributed by atoms with van der Waals surface area (Å²) >= 11 is 0. The molecule has 0 saturated heterocycles. The lowest BCUT2D eigenvalue weighted by Gasteiger charge is -2.10. The minimum atomic E-state index is -0.834. The van der Waals surface area contributed by atoms with Gasteiger partial charge in [-0.25, -0.2) is 0 Å². The maximum absolute atomic E-state index is 10.7. The summed E-state index contributed by atoms with van der Waals surface area (Å²) in [5.74, 6) is -1.34. The monoisotopic (exact) mass is 208 g/mol. The summed E-state index contributed by atoms with van der Waals surface area (Å²) in [7, 11) is 0. The van der Waals surface area contributed by atoms with Crippen LogP contribution in [0.4, 0.5) is 0 Å². The van der Waals surface area contributed by atoms with Gasteiger partial charge in [0, 0.05) is 0 Å². The Morgan fingerprint density at radius 1 is 1.27 bits per heavy atom. The Hall–Kier alpha value is -1.35. The molecule has 15 heavy (non-hydrogen) atoms. The van der Waals surface area contributed by atoms with Crippen molar-refractivity contribution in [2.45, 2.75) is 32.3 Å². The second-order valence-corrected chi connectivity index (χ2v) is 3.65. The first-order chi connectivity index (χ1) is 7.06. The van der Waals surface area contributed by atoms with E-state index in [-0.39, 0.29) is 0 Å². The zero-order valence-corrected chi connectivity index (χ0v) is 8.97. The van der Waals surface area contributed by atoms with Crippen molar-refractivity contribution in [1.29, 1.82) is 0 Å². The molecule has 3 heteroatoms. The van der Waals surface area contributed by atoms with Crippen LogP contribution in [0.3, 0.4) is 0 Å². The quantitative estimate of drug-likeness (QED) is 0.798. The van der Waals surface area contributed by atoms with Gasteiger partial charge in [0.05, 0.1) is 12.0 Å². The van der Waals surface area contributed by atoms with E-state index < -0.39 is 18.0 Å². The van der Waals surface area contributed by atoms with E-state index in [0.717, 1.165) is 11.1 Å². The molecule has 0 spiro atoms. The fraction of sp³-hybridized carbons (Fsp3) is 0.417. The van der Waals surface area contributed by atoms with Crippen LogP contribution in [0.15, 0.2) is 24.3 Å². The van der Waals surface area contributed by atoms with E-state index in [9.17, 15) is 9.90 Å². The highest BCUT2D eigenvalue weighted by Crippen LogP contribution is 2.20. The molecule has 0 radical (unpaired) electrons. The molecule has 82 valence electrons. The van der Waals surface area contributed by atoms with Gasteiger partial charge >= 0.3 is 5.97 Å². The number of hydrogen-bond donors (Lipinski definition) is 2. The lowest BCUT2D eigenvalue weighted by molar-refractivity contribution is -0.138. The summed E-state index contributed by atoms with van der Waals surface area (Å²) in [5, 5.41) is 18.4. The number of benzene rings is 1. The number of hydrogen-bond acceptors (Lipinski definition) is 2. The van der Waals surface area contributed by atoms with Crippen LogP contribution in [0, 0.1) is 0 Å². The van der Waals surface area contributed by atoms with Gasteiger partial charge in [-0.2, -0.15) is 0 Å². The van der Waals surface area contributed by atoms with Crippen LogP contribution in [-0.4, -0.2) is 16.2 Å². The van der Waals surface area contributed by atoms with Crippen LogP contribution in [-0.2, 0) is 4.79 Å². The summed E-state index contributed by atoms with van der Waals surface area (Å²) < 4.78 is 0. The normalized spacial score (nSPS) is 14.6. The Morgan fingerprint density at radius 3 is 2.13 bits per heavy atom. The van der Waals surface area contributed by atoms with Crippen molar-refractivity contribution < 1.29 is 15.0 Å². The van der Waals surface area contributed by atoms with E-state index in [2.05, 4.69) is 0 Å². The largest absolute Gasteiger partial charge is 0.481 e. The minimum absolute atomic E-state index is 0.459. The molecule has 1 rings (SSSR count). The molecular formula is C12H16O3. The van der Waals surface area contributed by atoms with E-state index in [1.807, 2.05) is 6.92 Å². The molecule has 3 nitrogen and oxygen atoms in total. The lowest BCUT2D eigenvalue weighted by Crippen LogP contribution is -2.07. The summed E-state index contributed by atoms with van der Waals surface area (Å²) in [6.45, 7) is 3.55. The molecule has 0 aliphatic heterocycles. The molecule has 0 fully saturated rings. The van der Waals surface area contributed by atoms with E-state index in [0.29, 0.717) is 6.42 Å². The molecule has 0 unspecified atom stereocenters. The van der Waals surface area contributed by atoms with Crippen molar-refractivity contribution >= 4 is 5.97 Å². The highest BCUT2D eigenvalue weighted by Gasteiger charge is 2.13. The van der Waals surface area contributed by atoms with E-state index in [1.165, 1.54) is 0 Å². The fourth-order valence-electron chi connectivity index (χ4n) is 1.39. The van der Waals surface area contributed by atoms with Gasteiger partial charge < -0.3 is 10.2 Å². The third-order valence-electron chi connectivity index (χ3n) is 2.58. The molecule has 0 saturated carbocycles. The Morgan fingerprint density at radius 2 is 1.73 bits per heavy atom. The van der Waals surface area contributed by atoms with Crippen LogP contribution in [0.25, 0.3) is 0 Å². The van der Waals surface area contributed by atoms with Crippen LogP contribution in [0.1, 0.15) is 43.4 Å². The molecule has 0 amide bonds. The SMILES string of the molecule is CC[C@@H](O)c1ccc([C@H](C)C(=O)O)cc1. The molecule has 2 atom stereocenters. The number of carbonyl (C=O) groups is 1. The summed E-state index contributed by atoms with van der Waals surface area (Å²) in [5.41, 5.74) is 1.59. The van der Waals surface area contributed by atoms with E-state index in [4.69, 9.17) is 5.11 Å². The van der Waals surface area contributed by atoms with Crippen LogP contribution < -0.4 is 0 Å². The molecule has 0 aliphatic rings. The van der Waals surface area contributed by atoms with Crippen LogP contribution in [0.2, 0.25) is 0 Å². The average molecular weight is 208 g/mol. The fourth-order valence-corrected chi connectivity index (χ4v) is 1.39. The highest BCUT2D eigenvalue weighted by atomic mass is 16.4. The zero-order valence-electron chi connectivity index (χ0n) is 8.97. The van der Waals surface area contributed by atoms with Crippen molar-refractivity contribution in [3.8, 4) is 0 Å². The summed E-state index contributed by atoms with van der Waals surface area (Å²) in [6, 6.07) is 7.08. The molecule has 0 heterocycles. The van der Waals surface area contributed by atoms with Crippen molar-refractivity contribution in [3.63, 3.8) is 0 Å².